The number of aliphatic hydroxyl groups is 1. The van der Waals surface area contributed by atoms with E-state index in [0.29, 0.717) is 10.8 Å². The van der Waals surface area contributed by atoms with E-state index >= 15 is 0 Å². The minimum absolute atomic E-state index is 0.0187. The lowest BCUT2D eigenvalue weighted by Crippen LogP contribution is -2.52. The Kier molecular flexibility index (Phi) is 6.48. The van der Waals surface area contributed by atoms with Gasteiger partial charge >= 0.3 is 0 Å². The Morgan fingerprint density at radius 2 is 1.59 bits per heavy atom. The van der Waals surface area contributed by atoms with E-state index in [1.165, 1.54) is 70.6 Å². The molecular weight excluding hydrogens is 352 g/mol. The third kappa shape index (κ3) is 3.96. The van der Waals surface area contributed by atoms with Crippen molar-refractivity contribution in [1.82, 2.24) is 0 Å². The van der Waals surface area contributed by atoms with Crippen molar-refractivity contribution >= 4 is 0 Å². The Bertz CT molecular complexity index is 555. The molecule has 1 N–H and O–H groups in total. The molecular formula is C28H50O. The van der Waals surface area contributed by atoms with Crippen LogP contribution in [0.15, 0.2) is 0 Å². The molecule has 0 aromatic rings. The van der Waals surface area contributed by atoms with Gasteiger partial charge in [0.25, 0.3) is 0 Å². The van der Waals surface area contributed by atoms with Crippen LogP contribution in [-0.2, 0) is 0 Å². The zero-order chi connectivity index (χ0) is 20.8. The van der Waals surface area contributed by atoms with Crippen LogP contribution < -0.4 is 0 Å². The van der Waals surface area contributed by atoms with Gasteiger partial charge in [0.15, 0.2) is 0 Å². The molecule has 0 aliphatic heterocycles. The number of aliphatic hydroxyl groups excluding tert-OH is 1. The maximum atomic E-state index is 10.4. The lowest BCUT2D eigenvalue weighted by atomic mass is 9.46. The van der Waals surface area contributed by atoms with Gasteiger partial charge in [-0.1, -0.05) is 60.3 Å². The summed E-state index contributed by atoms with van der Waals surface area (Å²) < 4.78 is 0. The molecule has 0 bridgehead atoms. The molecule has 4 aliphatic rings. The van der Waals surface area contributed by atoms with Crippen LogP contribution in [-0.4, -0.2) is 11.2 Å². The third-order valence-corrected chi connectivity index (χ3v) is 11.1. The van der Waals surface area contributed by atoms with Gasteiger partial charge in [0.1, 0.15) is 0 Å². The smallest absolute Gasteiger partial charge is 0.0543 e. The van der Waals surface area contributed by atoms with Crippen LogP contribution in [0.3, 0.4) is 0 Å². The molecule has 4 rings (SSSR count). The lowest BCUT2D eigenvalue weighted by Gasteiger charge is -2.59. The van der Waals surface area contributed by atoms with Crippen LogP contribution in [0, 0.1) is 52.3 Å². The van der Waals surface area contributed by atoms with Crippen molar-refractivity contribution in [2.45, 2.75) is 124 Å². The molecule has 4 aliphatic carbocycles. The van der Waals surface area contributed by atoms with E-state index in [9.17, 15) is 5.11 Å². The van der Waals surface area contributed by atoms with E-state index in [2.05, 4.69) is 34.6 Å². The second kappa shape index (κ2) is 8.48. The SMILES string of the molecule is CC(C)CCC[C@H](C)[C@@H]1CC[C@@H]2[C@@H]3CC[C@@H]4C[C@H](O)CCC[C@]4(C)[C@@H]3CC[C@@]21C. The number of fused-ring (bicyclic) bond motifs is 5. The molecule has 0 saturated heterocycles. The van der Waals surface area contributed by atoms with Crippen molar-refractivity contribution < 1.29 is 5.11 Å². The van der Waals surface area contributed by atoms with Gasteiger partial charge in [-0.3, -0.25) is 0 Å². The van der Waals surface area contributed by atoms with Gasteiger partial charge in [0.2, 0.25) is 0 Å². The molecule has 168 valence electrons. The molecule has 0 unspecified atom stereocenters. The zero-order valence-electron chi connectivity index (χ0n) is 20.3. The lowest BCUT2D eigenvalue weighted by molar-refractivity contribution is -0.106. The van der Waals surface area contributed by atoms with Crippen molar-refractivity contribution in [3.8, 4) is 0 Å². The standard InChI is InChI=1S/C28H50O/c1-19(2)8-6-9-20(3)24-13-14-25-23-12-11-21-18-22(29)10-7-16-27(21,4)26(23)15-17-28(24,25)5/h19-26,29H,6-18H2,1-5H3/t20-,21+,22+,23-,24-,25+,26+,27-,28+/m0/s1. The summed E-state index contributed by atoms with van der Waals surface area (Å²) >= 11 is 0. The summed E-state index contributed by atoms with van der Waals surface area (Å²) in [4.78, 5) is 0. The highest BCUT2D eigenvalue weighted by Crippen LogP contribution is 2.68. The summed E-state index contributed by atoms with van der Waals surface area (Å²) in [6.45, 7) is 12.7. The quantitative estimate of drug-likeness (QED) is 0.496. The highest BCUT2D eigenvalue weighted by molar-refractivity contribution is 5.09. The molecule has 0 spiro atoms. The molecule has 0 amide bonds. The van der Waals surface area contributed by atoms with Gasteiger partial charge < -0.3 is 5.11 Å². The Morgan fingerprint density at radius 1 is 0.828 bits per heavy atom. The van der Waals surface area contributed by atoms with Crippen molar-refractivity contribution in [2.24, 2.45) is 52.3 Å². The fraction of sp³-hybridized carbons (Fsp3) is 1.00. The molecule has 4 saturated carbocycles. The van der Waals surface area contributed by atoms with Crippen LogP contribution in [0.25, 0.3) is 0 Å². The first kappa shape index (κ1) is 22.2. The molecule has 0 radical (unpaired) electrons. The highest BCUT2D eigenvalue weighted by Gasteiger charge is 2.60. The van der Waals surface area contributed by atoms with E-state index in [1.54, 1.807) is 0 Å². The van der Waals surface area contributed by atoms with E-state index in [-0.39, 0.29) is 6.10 Å². The van der Waals surface area contributed by atoms with Gasteiger partial charge in [-0.05, 0) is 110 Å². The van der Waals surface area contributed by atoms with Crippen molar-refractivity contribution in [2.75, 3.05) is 0 Å². The van der Waals surface area contributed by atoms with E-state index in [1.807, 2.05) is 0 Å². The number of hydrogen-bond donors (Lipinski definition) is 1. The van der Waals surface area contributed by atoms with Crippen LogP contribution in [0.5, 0.6) is 0 Å². The predicted molar refractivity (Wildman–Crippen MR) is 124 cm³/mol. The molecule has 29 heavy (non-hydrogen) atoms. The topological polar surface area (TPSA) is 20.2 Å². The zero-order valence-corrected chi connectivity index (χ0v) is 20.3. The van der Waals surface area contributed by atoms with Gasteiger partial charge in [-0.25, -0.2) is 0 Å². The molecule has 1 heteroatoms. The van der Waals surface area contributed by atoms with Crippen molar-refractivity contribution in [3.63, 3.8) is 0 Å². The molecule has 0 aromatic heterocycles. The summed E-state index contributed by atoms with van der Waals surface area (Å²) in [5.41, 5.74) is 1.13. The number of rotatable bonds is 5. The third-order valence-electron chi connectivity index (χ3n) is 11.1. The first-order valence-electron chi connectivity index (χ1n) is 13.4. The first-order valence-corrected chi connectivity index (χ1v) is 13.4. The van der Waals surface area contributed by atoms with Gasteiger partial charge in [-0.15, -0.1) is 0 Å². The monoisotopic (exact) mass is 402 g/mol. The van der Waals surface area contributed by atoms with Crippen molar-refractivity contribution in [3.05, 3.63) is 0 Å². The largest absolute Gasteiger partial charge is 0.393 e. The minimum atomic E-state index is -0.0187. The number of hydrogen-bond acceptors (Lipinski definition) is 1. The fourth-order valence-electron chi connectivity index (χ4n) is 9.50. The minimum Gasteiger partial charge on any atom is -0.393 e. The molecule has 0 heterocycles. The molecule has 9 atom stereocenters. The summed E-state index contributed by atoms with van der Waals surface area (Å²) in [5, 5.41) is 10.4. The molecule has 1 nitrogen and oxygen atoms in total. The maximum Gasteiger partial charge on any atom is 0.0543 e. The van der Waals surface area contributed by atoms with E-state index in [0.717, 1.165) is 54.3 Å². The highest BCUT2D eigenvalue weighted by atomic mass is 16.3. The Labute approximate surface area is 181 Å². The average Bonchev–Trinajstić information content (AvgIpc) is 2.92. The predicted octanol–water partition coefficient (Wildman–Crippen LogP) is 7.86. The first-order chi connectivity index (χ1) is 13.8. The summed E-state index contributed by atoms with van der Waals surface area (Å²) in [5.74, 6) is 6.46. The van der Waals surface area contributed by atoms with Crippen LogP contribution >= 0.6 is 0 Å². The Balaban J connectivity index is 1.47. The normalized spacial score (nSPS) is 48.5. The van der Waals surface area contributed by atoms with Crippen molar-refractivity contribution in [1.29, 1.82) is 0 Å². The second-order valence-corrected chi connectivity index (χ2v) is 13.0. The Hall–Kier alpha value is -0.0400. The summed E-state index contributed by atoms with van der Waals surface area (Å²) in [6.07, 6.45) is 17.9. The maximum absolute atomic E-state index is 10.4. The second-order valence-electron chi connectivity index (χ2n) is 13.0. The molecule has 4 fully saturated rings. The molecule has 0 aromatic carbocycles. The van der Waals surface area contributed by atoms with Gasteiger partial charge in [0, 0.05) is 0 Å². The summed E-state index contributed by atoms with van der Waals surface area (Å²) in [7, 11) is 0. The Morgan fingerprint density at radius 3 is 2.34 bits per heavy atom. The van der Waals surface area contributed by atoms with Crippen LogP contribution in [0.2, 0.25) is 0 Å². The van der Waals surface area contributed by atoms with Crippen LogP contribution in [0.4, 0.5) is 0 Å². The average molecular weight is 403 g/mol. The van der Waals surface area contributed by atoms with E-state index in [4.69, 9.17) is 0 Å². The van der Waals surface area contributed by atoms with E-state index < -0.39 is 0 Å². The fourth-order valence-corrected chi connectivity index (χ4v) is 9.50. The van der Waals surface area contributed by atoms with Crippen LogP contribution in [0.1, 0.15) is 118 Å². The van der Waals surface area contributed by atoms with Gasteiger partial charge in [-0.2, -0.15) is 0 Å². The van der Waals surface area contributed by atoms with Gasteiger partial charge in [0.05, 0.1) is 6.10 Å². The summed E-state index contributed by atoms with van der Waals surface area (Å²) in [6, 6.07) is 0.